The van der Waals surface area contributed by atoms with Crippen LogP contribution in [-0.4, -0.2) is 44.8 Å². The Balaban J connectivity index is 2.08. The molecule has 1 aromatic heterocycles. The molecule has 0 radical (unpaired) electrons. The van der Waals surface area contributed by atoms with Crippen molar-refractivity contribution < 1.29 is 14.7 Å². The minimum Gasteiger partial charge on any atom is -0.478 e. The summed E-state index contributed by atoms with van der Waals surface area (Å²) in [5.41, 5.74) is 0.908. The van der Waals surface area contributed by atoms with Crippen LogP contribution in [0.15, 0.2) is 18.9 Å². The van der Waals surface area contributed by atoms with Crippen LogP contribution in [0, 0.1) is 6.92 Å². The van der Waals surface area contributed by atoms with Gasteiger partial charge in [-0.25, -0.2) is 4.79 Å². The van der Waals surface area contributed by atoms with Crippen molar-refractivity contribution in [3.05, 3.63) is 30.1 Å². The molecule has 0 spiro atoms. The molecule has 0 aliphatic carbocycles. The first-order valence-electron chi connectivity index (χ1n) is 6.23. The van der Waals surface area contributed by atoms with Crippen molar-refractivity contribution in [2.75, 3.05) is 13.1 Å². The van der Waals surface area contributed by atoms with Gasteiger partial charge in [0.15, 0.2) is 0 Å². The summed E-state index contributed by atoms with van der Waals surface area (Å²) in [6, 6.07) is 0.155. The van der Waals surface area contributed by atoms with Crippen LogP contribution in [0.2, 0.25) is 0 Å². The molecule has 1 saturated heterocycles. The summed E-state index contributed by atoms with van der Waals surface area (Å²) in [7, 11) is 0. The number of hydrogen-bond donors (Lipinski definition) is 1. The second kappa shape index (κ2) is 5.26. The number of rotatable bonds is 3. The minimum absolute atomic E-state index is 0.0538. The van der Waals surface area contributed by atoms with Crippen molar-refractivity contribution in [1.82, 2.24) is 14.7 Å². The van der Waals surface area contributed by atoms with E-state index in [1.807, 2.05) is 0 Å². The number of hydrogen-bond acceptors (Lipinski definition) is 3. The molecular weight excluding hydrogens is 246 g/mol. The van der Waals surface area contributed by atoms with Crippen molar-refractivity contribution in [2.45, 2.75) is 25.8 Å². The first-order chi connectivity index (χ1) is 9.04. The monoisotopic (exact) mass is 263 g/mol. The third-order valence-corrected chi connectivity index (χ3v) is 3.57. The fourth-order valence-corrected chi connectivity index (χ4v) is 2.46. The van der Waals surface area contributed by atoms with Crippen LogP contribution in [0.5, 0.6) is 0 Å². The van der Waals surface area contributed by atoms with E-state index < -0.39 is 5.97 Å². The molecule has 1 N–H and O–H groups in total. The van der Waals surface area contributed by atoms with Gasteiger partial charge in [0.2, 0.25) is 5.91 Å². The highest BCUT2D eigenvalue weighted by Crippen LogP contribution is 2.24. The third kappa shape index (κ3) is 2.52. The standard InChI is InChI=1S/C13H17N3O3/c1-3-12(17)15-6-4-10(5-7-15)16-9(2)11(8-14-16)13(18)19/h3,8,10H,1,4-7H2,2H3,(H,18,19). The van der Waals surface area contributed by atoms with E-state index in [9.17, 15) is 9.59 Å². The zero-order valence-electron chi connectivity index (χ0n) is 10.9. The quantitative estimate of drug-likeness (QED) is 0.832. The lowest BCUT2D eigenvalue weighted by molar-refractivity contribution is -0.127. The van der Waals surface area contributed by atoms with Crippen LogP contribution in [0.4, 0.5) is 0 Å². The smallest absolute Gasteiger partial charge is 0.339 e. The Bertz CT molecular complexity index is 513. The van der Waals surface area contributed by atoms with Gasteiger partial charge in [-0.15, -0.1) is 0 Å². The molecule has 102 valence electrons. The number of aromatic nitrogens is 2. The molecule has 0 bridgehead atoms. The van der Waals surface area contributed by atoms with Crippen LogP contribution in [0.1, 0.15) is 34.9 Å². The number of aromatic carboxylic acids is 1. The van der Waals surface area contributed by atoms with E-state index in [0.29, 0.717) is 18.8 Å². The fourth-order valence-electron chi connectivity index (χ4n) is 2.46. The molecule has 2 rings (SSSR count). The zero-order chi connectivity index (χ0) is 14.0. The lowest BCUT2D eigenvalue weighted by atomic mass is 10.0. The Labute approximate surface area is 111 Å². The minimum atomic E-state index is -0.956. The summed E-state index contributed by atoms with van der Waals surface area (Å²) >= 11 is 0. The molecule has 19 heavy (non-hydrogen) atoms. The SMILES string of the molecule is C=CC(=O)N1CCC(n2ncc(C(=O)O)c2C)CC1. The Kier molecular flexibility index (Phi) is 3.69. The summed E-state index contributed by atoms with van der Waals surface area (Å²) in [4.78, 5) is 24.2. The van der Waals surface area contributed by atoms with E-state index in [1.165, 1.54) is 12.3 Å². The highest BCUT2D eigenvalue weighted by Gasteiger charge is 2.25. The summed E-state index contributed by atoms with van der Waals surface area (Å²) in [5, 5.41) is 13.2. The summed E-state index contributed by atoms with van der Waals surface area (Å²) in [5.74, 6) is -1.01. The van der Waals surface area contributed by atoms with E-state index >= 15 is 0 Å². The topological polar surface area (TPSA) is 75.4 Å². The number of likely N-dealkylation sites (tertiary alicyclic amines) is 1. The van der Waals surface area contributed by atoms with Gasteiger partial charge < -0.3 is 10.0 Å². The predicted octanol–water partition coefficient (Wildman–Crippen LogP) is 1.24. The lowest BCUT2D eigenvalue weighted by Gasteiger charge is -2.32. The molecule has 2 heterocycles. The zero-order valence-corrected chi connectivity index (χ0v) is 10.9. The van der Waals surface area contributed by atoms with Gasteiger partial charge >= 0.3 is 5.97 Å². The van der Waals surface area contributed by atoms with Crippen molar-refractivity contribution in [3.8, 4) is 0 Å². The molecule has 1 aromatic rings. The Morgan fingerprint density at radius 3 is 2.58 bits per heavy atom. The van der Waals surface area contributed by atoms with Gasteiger partial charge in [0, 0.05) is 13.1 Å². The van der Waals surface area contributed by atoms with Gasteiger partial charge in [-0.2, -0.15) is 5.10 Å². The fraction of sp³-hybridized carbons (Fsp3) is 0.462. The van der Waals surface area contributed by atoms with Crippen LogP contribution < -0.4 is 0 Å². The number of carboxylic acid groups (broad SMARTS) is 1. The lowest BCUT2D eigenvalue weighted by Crippen LogP contribution is -2.38. The van der Waals surface area contributed by atoms with Crippen molar-refractivity contribution in [1.29, 1.82) is 0 Å². The molecule has 1 aliphatic rings. The number of carbonyl (C=O) groups is 2. The van der Waals surface area contributed by atoms with Crippen LogP contribution in [-0.2, 0) is 4.79 Å². The van der Waals surface area contributed by atoms with Gasteiger partial charge in [-0.3, -0.25) is 9.48 Å². The predicted molar refractivity (Wildman–Crippen MR) is 69.0 cm³/mol. The van der Waals surface area contributed by atoms with Gasteiger partial charge in [0.05, 0.1) is 17.9 Å². The second-order valence-electron chi connectivity index (χ2n) is 4.65. The highest BCUT2D eigenvalue weighted by molar-refractivity contribution is 5.88. The first kappa shape index (κ1) is 13.3. The molecule has 1 fully saturated rings. The molecular formula is C13H17N3O3. The molecule has 0 aromatic carbocycles. The Morgan fingerprint density at radius 2 is 2.11 bits per heavy atom. The number of amides is 1. The van der Waals surface area contributed by atoms with Crippen molar-refractivity contribution in [2.24, 2.45) is 0 Å². The number of piperidine rings is 1. The van der Waals surface area contributed by atoms with E-state index in [0.717, 1.165) is 12.8 Å². The van der Waals surface area contributed by atoms with Gasteiger partial charge in [0.1, 0.15) is 5.56 Å². The van der Waals surface area contributed by atoms with Crippen molar-refractivity contribution in [3.63, 3.8) is 0 Å². The van der Waals surface area contributed by atoms with E-state index in [-0.39, 0.29) is 17.5 Å². The first-order valence-corrected chi connectivity index (χ1v) is 6.23. The molecule has 0 saturated carbocycles. The maximum atomic E-state index is 11.5. The summed E-state index contributed by atoms with van der Waals surface area (Å²) in [6.45, 7) is 6.54. The molecule has 1 aliphatic heterocycles. The normalized spacial score (nSPS) is 16.4. The van der Waals surface area contributed by atoms with Crippen LogP contribution in [0.3, 0.4) is 0 Å². The molecule has 6 nitrogen and oxygen atoms in total. The molecule has 0 atom stereocenters. The maximum Gasteiger partial charge on any atom is 0.339 e. The van der Waals surface area contributed by atoms with Crippen LogP contribution >= 0.6 is 0 Å². The number of carboxylic acids is 1. The summed E-state index contributed by atoms with van der Waals surface area (Å²) < 4.78 is 1.76. The Morgan fingerprint density at radius 1 is 1.47 bits per heavy atom. The third-order valence-electron chi connectivity index (χ3n) is 3.57. The average Bonchev–Trinajstić information content (AvgIpc) is 2.80. The maximum absolute atomic E-state index is 11.5. The largest absolute Gasteiger partial charge is 0.478 e. The average molecular weight is 263 g/mol. The number of nitrogens with zero attached hydrogens (tertiary/aromatic N) is 3. The molecule has 6 heteroatoms. The van der Waals surface area contributed by atoms with Gasteiger partial charge in [-0.05, 0) is 25.8 Å². The van der Waals surface area contributed by atoms with Gasteiger partial charge in [-0.1, -0.05) is 6.58 Å². The van der Waals surface area contributed by atoms with Crippen LogP contribution in [0.25, 0.3) is 0 Å². The van der Waals surface area contributed by atoms with E-state index in [2.05, 4.69) is 11.7 Å². The van der Waals surface area contributed by atoms with E-state index in [4.69, 9.17) is 5.11 Å². The Hall–Kier alpha value is -2.11. The van der Waals surface area contributed by atoms with Crippen molar-refractivity contribution >= 4 is 11.9 Å². The molecule has 0 unspecified atom stereocenters. The highest BCUT2D eigenvalue weighted by atomic mass is 16.4. The second-order valence-corrected chi connectivity index (χ2v) is 4.65. The number of carbonyl (C=O) groups excluding carboxylic acids is 1. The van der Waals surface area contributed by atoms with Gasteiger partial charge in [0.25, 0.3) is 0 Å². The summed E-state index contributed by atoms with van der Waals surface area (Å²) in [6.07, 6.45) is 4.27. The van der Waals surface area contributed by atoms with E-state index in [1.54, 1.807) is 16.5 Å². The molecule has 1 amide bonds.